The fourth-order valence-electron chi connectivity index (χ4n) is 4.46. The predicted molar refractivity (Wildman–Crippen MR) is 134 cm³/mol. The van der Waals surface area contributed by atoms with Crippen LogP contribution in [0.1, 0.15) is 18.9 Å². The maximum atomic E-state index is 11.8. The lowest BCUT2D eigenvalue weighted by Crippen LogP contribution is -2.43. The average molecular weight is 469 g/mol. The number of nitrogens with one attached hydrogen (secondary N) is 3. The third-order valence-electron chi connectivity index (χ3n) is 6.15. The third kappa shape index (κ3) is 5.36. The maximum absolute atomic E-state index is 11.8. The van der Waals surface area contributed by atoms with Gasteiger partial charge in [0.25, 0.3) is 0 Å². The number of aromatic nitrogens is 5. The second kappa shape index (κ2) is 10.4. The Labute approximate surface area is 204 Å². The summed E-state index contributed by atoms with van der Waals surface area (Å²) in [5.74, 6) is 0.516. The highest BCUT2D eigenvalue weighted by atomic mass is 16.2. The first kappa shape index (κ1) is 22.7. The minimum Gasteiger partial charge on any atom is -0.338 e. The summed E-state index contributed by atoms with van der Waals surface area (Å²) in [6.07, 6.45) is 2.75. The number of amides is 2. The van der Waals surface area contributed by atoms with Crippen molar-refractivity contribution in [3.8, 4) is 33.8 Å². The molecule has 2 amide bonds. The molecule has 9 heteroatoms. The molecule has 0 radical (unpaired) electrons. The number of tetrazole rings is 1. The van der Waals surface area contributed by atoms with Crippen molar-refractivity contribution in [2.24, 2.45) is 0 Å². The van der Waals surface area contributed by atoms with E-state index in [2.05, 4.69) is 78.6 Å². The summed E-state index contributed by atoms with van der Waals surface area (Å²) in [6, 6.07) is 20.9. The summed E-state index contributed by atoms with van der Waals surface area (Å²) < 4.78 is 0. The Kier molecular flexibility index (Phi) is 6.76. The second-order valence-corrected chi connectivity index (χ2v) is 8.64. The zero-order chi connectivity index (χ0) is 24.0. The van der Waals surface area contributed by atoms with Crippen LogP contribution in [-0.2, 0) is 6.54 Å². The van der Waals surface area contributed by atoms with E-state index in [4.69, 9.17) is 4.98 Å². The standard InChI is InChI=1S/C26H28N8O/c1-2-27-26(35)29-22-12-13-34(17-22)16-18-8-10-20(11-9-18)24-23(19-6-4-3-5-7-19)14-21(15-28-24)25-30-32-33-31-25/h3-11,14-15,22H,2,12-13,16-17H2,1H3,(H2,27,29,35)(H,30,31,32,33). The van der Waals surface area contributed by atoms with E-state index in [9.17, 15) is 4.79 Å². The molecule has 1 unspecified atom stereocenters. The summed E-state index contributed by atoms with van der Waals surface area (Å²) in [7, 11) is 0. The van der Waals surface area contributed by atoms with E-state index in [0.29, 0.717) is 12.4 Å². The lowest BCUT2D eigenvalue weighted by Gasteiger charge is -2.17. The molecule has 1 saturated heterocycles. The molecule has 0 aliphatic carbocycles. The van der Waals surface area contributed by atoms with Crippen LogP contribution in [-0.4, -0.2) is 62.2 Å². The van der Waals surface area contributed by atoms with Gasteiger partial charge in [-0.3, -0.25) is 9.88 Å². The van der Waals surface area contributed by atoms with Crippen LogP contribution < -0.4 is 10.6 Å². The van der Waals surface area contributed by atoms with E-state index in [1.807, 2.05) is 25.1 Å². The largest absolute Gasteiger partial charge is 0.338 e. The van der Waals surface area contributed by atoms with Crippen LogP contribution in [0.25, 0.3) is 33.8 Å². The van der Waals surface area contributed by atoms with Gasteiger partial charge in [0.15, 0.2) is 0 Å². The smallest absolute Gasteiger partial charge is 0.315 e. The first-order valence-corrected chi connectivity index (χ1v) is 11.8. The Bertz CT molecular complexity index is 1260. The molecule has 9 nitrogen and oxygen atoms in total. The van der Waals surface area contributed by atoms with Crippen LogP contribution in [0, 0.1) is 0 Å². The number of carbonyl (C=O) groups excluding carboxylic acids is 1. The number of benzene rings is 2. The van der Waals surface area contributed by atoms with Crippen LogP contribution in [0.4, 0.5) is 4.79 Å². The maximum Gasteiger partial charge on any atom is 0.315 e. The monoisotopic (exact) mass is 468 g/mol. The first-order valence-electron chi connectivity index (χ1n) is 11.8. The molecule has 178 valence electrons. The molecule has 1 aliphatic heterocycles. The van der Waals surface area contributed by atoms with Crippen molar-refractivity contribution < 1.29 is 4.79 Å². The molecule has 35 heavy (non-hydrogen) atoms. The summed E-state index contributed by atoms with van der Waals surface area (Å²) in [5, 5.41) is 20.2. The van der Waals surface area contributed by atoms with Crippen LogP contribution in [0.5, 0.6) is 0 Å². The van der Waals surface area contributed by atoms with Gasteiger partial charge in [0.2, 0.25) is 5.82 Å². The molecule has 1 fully saturated rings. The van der Waals surface area contributed by atoms with Gasteiger partial charge in [0.05, 0.1) is 5.69 Å². The minimum atomic E-state index is -0.0872. The average Bonchev–Trinajstić information content (AvgIpc) is 3.58. The highest BCUT2D eigenvalue weighted by Crippen LogP contribution is 2.33. The molecule has 5 rings (SSSR count). The zero-order valence-corrected chi connectivity index (χ0v) is 19.6. The molecule has 4 aromatic rings. The summed E-state index contributed by atoms with van der Waals surface area (Å²) in [6.45, 7) is 5.23. The van der Waals surface area contributed by atoms with E-state index in [1.54, 1.807) is 6.20 Å². The van der Waals surface area contributed by atoms with Crippen molar-refractivity contribution in [3.05, 3.63) is 72.4 Å². The molecule has 2 aromatic carbocycles. The number of likely N-dealkylation sites (tertiary alicyclic amines) is 1. The number of urea groups is 1. The molecule has 2 aromatic heterocycles. The number of H-pyrrole nitrogens is 1. The molecule has 1 atom stereocenters. The van der Waals surface area contributed by atoms with Crippen LogP contribution in [0.15, 0.2) is 66.9 Å². The topological polar surface area (TPSA) is 112 Å². The SMILES string of the molecule is CCNC(=O)NC1CCN(Cc2ccc(-c3ncc(-c4nn[nH]n4)cc3-c3ccccc3)cc2)C1. The summed E-state index contributed by atoms with van der Waals surface area (Å²) in [5.41, 5.74) is 6.08. The van der Waals surface area contributed by atoms with Gasteiger partial charge in [-0.05, 0) is 35.8 Å². The number of aromatic amines is 1. The van der Waals surface area contributed by atoms with E-state index < -0.39 is 0 Å². The lowest BCUT2D eigenvalue weighted by atomic mass is 9.97. The Hall–Kier alpha value is -4.11. The normalized spacial score (nSPS) is 15.7. The number of rotatable bonds is 7. The van der Waals surface area contributed by atoms with Gasteiger partial charge in [-0.15, -0.1) is 10.2 Å². The van der Waals surface area contributed by atoms with Gasteiger partial charge in [-0.2, -0.15) is 5.21 Å². The highest BCUT2D eigenvalue weighted by Gasteiger charge is 2.23. The predicted octanol–water partition coefficient (Wildman–Crippen LogP) is 3.49. The third-order valence-corrected chi connectivity index (χ3v) is 6.15. The van der Waals surface area contributed by atoms with E-state index >= 15 is 0 Å². The second-order valence-electron chi connectivity index (χ2n) is 8.64. The van der Waals surface area contributed by atoms with Gasteiger partial charge in [-0.1, -0.05) is 54.6 Å². The zero-order valence-electron chi connectivity index (χ0n) is 19.6. The minimum absolute atomic E-state index is 0.0872. The molecule has 3 N–H and O–H groups in total. The Morgan fingerprint density at radius 1 is 1.09 bits per heavy atom. The molecular weight excluding hydrogens is 440 g/mol. The fraction of sp³-hybridized carbons (Fsp3) is 0.269. The van der Waals surface area contributed by atoms with E-state index in [-0.39, 0.29) is 12.1 Å². The number of hydrogen-bond donors (Lipinski definition) is 3. The van der Waals surface area contributed by atoms with E-state index in [0.717, 1.165) is 54.0 Å². The Morgan fingerprint density at radius 3 is 2.66 bits per heavy atom. The fourth-order valence-corrected chi connectivity index (χ4v) is 4.46. The summed E-state index contributed by atoms with van der Waals surface area (Å²) in [4.78, 5) is 19.0. The van der Waals surface area contributed by atoms with Crippen LogP contribution >= 0.6 is 0 Å². The molecule has 1 aliphatic rings. The Morgan fingerprint density at radius 2 is 1.91 bits per heavy atom. The van der Waals surface area contributed by atoms with Crippen molar-refractivity contribution in [2.45, 2.75) is 25.9 Å². The van der Waals surface area contributed by atoms with Gasteiger partial charge >= 0.3 is 6.03 Å². The summed E-state index contributed by atoms with van der Waals surface area (Å²) >= 11 is 0. The van der Waals surface area contributed by atoms with Gasteiger partial charge in [0.1, 0.15) is 0 Å². The van der Waals surface area contributed by atoms with Gasteiger partial charge < -0.3 is 10.6 Å². The quantitative estimate of drug-likeness (QED) is 0.383. The molecule has 0 bridgehead atoms. The molecule has 3 heterocycles. The first-order chi connectivity index (χ1) is 17.2. The van der Waals surface area contributed by atoms with Gasteiger partial charge in [-0.25, -0.2) is 4.79 Å². The highest BCUT2D eigenvalue weighted by molar-refractivity contribution is 5.83. The number of nitrogens with zero attached hydrogens (tertiary/aromatic N) is 5. The van der Waals surface area contributed by atoms with Crippen LogP contribution in [0.2, 0.25) is 0 Å². The lowest BCUT2D eigenvalue weighted by molar-refractivity contribution is 0.236. The van der Waals surface area contributed by atoms with Crippen molar-refractivity contribution in [3.63, 3.8) is 0 Å². The molecular formula is C26H28N8O. The van der Waals surface area contributed by atoms with Gasteiger partial charge in [0, 0.05) is 55.1 Å². The van der Waals surface area contributed by atoms with Crippen LogP contribution in [0.3, 0.4) is 0 Å². The molecule has 0 saturated carbocycles. The van der Waals surface area contributed by atoms with Crippen molar-refractivity contribution in [1.29, 1.82) is 0 Å². The number of carbonyl (C=O) groups is 1. The Balaban J connectivity index is 1.33. The molecule has 0 spiro atoms. The number of hydrogen-bond acceptors (Lipinski definition) is 6. The van der Waals surface area contributed by atoms with Crippen molar-refractivity contribution in [2.75, 3.05) is 19.6 Å². The van der Waals surface area contributed by atoms with E-state index in [1.165, 1.54) is 5.56 Å². The van der Waals surface area contributed by atoms with Crippen molar-refractivity contribution >= 4 is 6.03 Å². The van der Waals surface area contributed by atoms with Crippen molar-refractivity contribution in [1.82, 2.24) is 41.1 Å². The number of pyridine rings is 1.